The third kappa shape index (κ3) is 1.18. The summed E-state index contributed by atoms with van der Waals surface area (Å²) in [5, 5.41) is 0. The van der Waals surface area contributed by atoms with Gasteiger partial charge in [0.15, 0.2) is 0 Å². The molecule has 3 heteroatoms. The molecule has 0 spiro atoms. The summed E-state index contributed by atoms with van der Waals surface area (Å²) in [5.74, 6) is 0.818. The minimum Gasteiger partial charge on any atom is -0.489 e. The Morgan fingerprint density at radius 1 is 1.23 bits per heavy atom. The Morgan fingerprint density at radius 2 is 2.00 bits per heavy atom. The van der Waals surface area contributed by atoms with Crippen LogP contribution in [0.2, 0.25) is 0 Å². The molecule has 2 aliphatic rings. The van der Waals surface area contributed by atoms with Gasteiger partial charge in [-0.05, 0) is 12.1 Å². The van der Waals surface area contributed by atoms with Crippen LogP contribution in [0.5, 0.6) is 5.75 Å². The molecule has 2 rings (SSSR count). The van der Waals surface area contributed by atoms with Crippen molar-refractivity contribution in [1.82, 2.24) is 0 Å². The number of hydrogen-bond donors (Lipinski definition) is 0. The second-order valence-electron chi connectivity index (χ2n) is 2.61. The molecule has 0 saturated heterocycles. The van der Waals surface area contributed by atoms with Gasteiger partial charge in [0.2, 0.25) is 5.75 Å². The highest BCUT2D eigenvalue weighted by atomic mass is 16.5. The molecule has 66 valence electrons. The third-order valence-electron chi connectivity index (χ3n) is 1.83. The molecule has 0 amide bonds. The van der Waals surface area contributed by atoms with Crippen molar-refractivity contribution in [3.63, 3.8) is 0 Å². The van der Waals surface area contributed by atoms with Crippen molar-refractivity contribution < 1.29 is 9.15 Å². The van der Waals surface area contributed by atoms with Crippen LogP contribution in [0, 0.1) is 0 Å². The van der Waals surface area contributed by atoms with Gasteiger partial charge in [-0.25, -0.2) is 4.79 Å². The van der Waals surface area contributed by atoms with Gasteiger partial charge in [-0.15, -0.1) is 0 Å². The van der Waals surface area contributed by atoms with Crippen molar-refractivity contribution in [2.45, 2.75) is 0 Å². The van der Waals surface area contributed by atoms with Gasteiger partial charge in [0, 0.05) is 0 Å². The topological polar surface area (TPSA) is 39.4 Å². The van der Waals surface area contributed by atoms with Crippen LogP contribution in [0.3, 0.4) is 0 Å². The van der Waals surface area contributed by atoms with Crippen molar-refractivity contribution in [3.05, 3.63) is 40.8 Å². The second-order valence-corrected chi connectivity index (χ2v) is 2.61. The Hall–Kier alpha value is -1.77. The summed E-state index contributed by atoms with van der Waals surface area (Å²) in [5.41, 5.74) is 0.279. The molecule has 1 heterocycles. The minimum atomic E-state index is -0.427. The van der Waals surface area contributed by atoms with E-state index in [2.05, 4.69) is 0 Å². The van der Waals surface area contributed by atoms with Gasteiger partial charge in [0.1, 0.15) is 5.76 Å². The van der Waals surface area contributed by atoms with Gasteiger partial charge in [0.25, 0.3) is 0 Å². The van der Waals surface area contributed by atoms with Crippen LogP contribution in [0.1, 0.15) is 0 Å². The largest absolute Gasteiger partial charge is 0.489 e. The van der Waals surface area contributed by atoms with Crippen LogP contribution in [0.25, 0.3) is 11.3 Å². The van der Waals surface area contributed by atoms with Gasteiger partial charge in [-0.3, -0.25) is 0 Å². The number of hydrogen-bond acceptors (Lipinski definition) is 3. The molecule has 1 aliphatic carbocycles. The van der Waals surface area contributed by atoms with E-state index in [4.69, 9.17) is 9.15 Å². The summed E-state index contributed by atoms with van der Waals surface area (Å²) < 4.78 is 9.90. The van der Waals surface area contributed by atoms with Crippen molar-refractivity contribution in [2.75, 3.05) is 7.11 Å². The molecule has 0 aromatic heterocycles. The fourth-order valence-electron chi connectivity index (χ4n) is 1.26. The van der Waals surface area contributed by atoms with Gasteiger partial charge in [0.05, 0.1) is 12.7 Å². The summed E-state index contributed by atoms with van der Waals surface area (Å²) in [6, 6.07) is 9.03. The average Bonchev–Trinajstić information content (AvgIpc) is 2.32. The molecule has 0 aromatic carbocycles. The van der Waals surface area contributed by atoms with E-state index in [1.54, 1.807) is 12.1 Å². The molecule has 0 aromatic rings. The molecule has 0 radical (unpaired) electrons. The van der Waals surface area contributed by atoms with Crippen molar-refractivity contribution in [3.8, 4) is 17.1 Å². The van der Waals surface area contributed by atoms with E-state index in [9.17, 15) is 4.79 Å². The fourth-order valence-corrected chi connectivity index (χ4v) is 1.26. The van der Waals surface area contributed by atoms with Crippen molar-refractivity contribution in [1.29, 1.82) is 0 Å². The molecule has 0 atom stereocenters. The van der Waals surface area contributed by atoms with Gasteiger partial charge < -0.3 is 9.15 Å². The normalized spacial score (nSPS) is 10.2. The van der Waals surface area contributed by atoms with Crippen LogP contribution in [-0.4, -0.2) is 7.11 Å². The molecular formula is C10H8O3. The molecule has 0 saturated carbocycles. The number of fused-ring (bicyclic) bond motifs is 1. The molecule has 13 heavy (non-hydrogen) atoms. The first-order valence-electron chi connectivity index (χ1n) is 3.89. The quantitative estimate of drug-likeness (QED) is 0.664. The predicted octanol–water partition coefficient (Wildman–Crippen LogP) is 1.75. The Labute approximate surface area is 74.9 Å². The van der Waals surface area contributed by atoms with Gasteiger partial charge in [-0.1, -0.05) is 18.2 Å². The highest BCUT2D eigenvalue weighted by Crippen LogP contribution is 2.28. The van der Waals surface area contributed by atoms with E-state index < -0.39 is 5.63 Å². The molecule has 0 bridgehead atoms. The fraction of sp³-hybridized carbons (Fsp3) is 0.100. The van der Waals surface area contributed by atoms with Crippen molar-refractivity contribution >= 4 is 0 Å². The Bertz CT molecular complexity index is 444. The molecule has 0 N–H and O–H groups in total. The lowest BCUT2D eigenvalue weighted by atomic mass is 10.2. The van der Waals surface area contributed by atoms with Gasteiger partial charge in [-0.2, -0.15) is 0 Å². The van der Waals surface area contributed by atoms with E-state index in [0.29, 0.717) is 11.3 Å². The number of methoxy groups -OCH3 is 1. The summed E-state index contributed by atoms with van der Waals surface area (Å²) in [6.45, 7) is 0. The van der Waals surface area contributed by atoms with E-state index >= 15 is 0 Å². The lowest BCUT2D eigenvalue weighted by molar-refractivity contribution is 0.398. The number of rotatable bonds is 1. The Morgan fingerprint density at radius 3 is 2.77 bits per heavy atom. The SMILES string of the molecule is COc1c2cccccc-2oc1=O. The summed E-state index contributed by atoms with van der Waals surface area (Å²) in [7, 11) is 1.46. The first kappa shape index (κ1) is 7.86. The molecular weight excluding hydrogens is 168 g/mol. The summed E-state index contributed by atoms with van der Waals surface area (Å²) >= 11 is 0. The van der Waals surface area contributed by atoms with E-state index in [-0.39, 0.29) is 5.75 Å². The first-order valence-corrected chi connectivity index (χ1v) is 3.89. The molecule has 1 aliphatic heterocycles. The average molecular weight is 176 g/mol. The maximum Gasteiger partial charge on any atom is 0.379 e. The maximum atomic E-state index is 11.2. The molecule has 3 nitrogen and oxygen atoms in total. The van der Waals surface area contributed by atoms with E-state index in [0.717, 1.165) is 0 Å². The third-order valence-corrected chi connectivity index (χ3v) is 1.83. The second kappa shape index (κ2) is 2.94. The summed E-state index contributed by atoms with van der Waals surface area (Å²) in [4.78, 5) is 11.2. The summed E-state index contributed by atoms with van der Waals surface area (Å²) in [6.07, 6.45) is 0. The zero-order valence-electron chi connectivity index (χ0n) is 7.11. The zero-order chi connectivity index (χ0) is 9.26. The van der Waals surface area contributed by atoms with Crippen LogP contribution in [0.4, 0.5) is 0 Å². The highest BCUT2D eigenvalue weighted by molar-refractivity contribution is 5.66. The van der Waals surface area contributed by atoms with Crippen LogP contribution in [-0.2, 0) is 0 Å². The Balaban J connectivity index is 2.79. The molecule has 0 fully saturated rings. The van der Waals surface area contributed by atoms with E-state index in [1.807, 2.05) is 18.2 Å². The van der Waals surface area contributed by atoms with Crippen LogP contribution < -0.4 is 10.4 Å². The first-order chi connectivity index (χ1) is 6.33. The minimum absolute atomic E-state index is 0.270. The predicted molar refractivity (Wildman–Crippen MR) is 48.2 cm³/mol. The highest BCUT2D eigenvalue weighted by Gasteiger charge is 2.15. The number of furan rings is 1. The number of ether oxygens (including phenoxy) is 1. The monoisotopic (exact) mass is 176 g/mol. The zero-order valence-corrected chi connectivity index (χ0v) is 7.11. The molecule has 0 unspecified atom stereocenters. The van der Waals surface area contributed by atoms with Crippen molar-refractivity contribution in [2.24, 2.45) is 0 Å². The smallest absolute Gasteiger partial charge is 0.379 e. The van der Waals surface area contributed by atoms with Gasteiger partial charge >= 0.3 is 5.63 Å². The van der Waals surface area contributed by atoms with E-state index in [1.165, 1.54) is 7.11 Å². The standard InChI is InChI=1S/C10H8O3/c1-12-9-7-5-3-2-4-6-8(7)13-10(9)11/h2-6H,1H3. The lowest BCUT2D eigenvalue weighted by Gasteiger charge is -1.92. The lowest BCUT2D eigenvalue weighted by Crippen LogP contribution is -1.96. The maximum absolute atomic E-state index is 11.2. The van der Waals surface area contributed by atoms with Crippen LogP contribution >= 0.6 is 0 Å². The Kier molecular flexibility index (Phi) is 1.77. The van der Waals surface area contributed by atoms with Crippen LogP contribution in [0.15, 0.2) is 39.5 Å².